The van der Waals surface area contributed by atoms with Crippen LogP contribution in [0.15, 0.2) is 18.2 Å². The molecule has 0 aliphatic rings. The molecule has 0 aliphatic heterocycles. The predicted octanol–water partition coefficient (Wildman–Crippen LogP) is 3.66. The second kappa shape index (κ2) is 5.72. The molecule has 6 heteroatoms. The minimum Gasteiger partial charge on any atom is -0.495 e. The van der Waals surface area contributed by atoms with Gasteiger partial charge in [-0.25, -0.2) is 0 Å². The molecular weight excluding hydrogens is 285 g/mol. The van der Waals surface area contributed by atoms with Gasteiger partial charge in [-0.1, -0.05) is 23.2 Å². The van der Waals surface area contributed by atoms with E-state index in [-0.39, 0.29) is 0 Å². The van der Waals surface area contributed by atoms with Crippen LogP contribution < -0.4 is 10.1 Å². The van der Waals surface area contributed by atoms with Gasteiger partial charge in [-0.15, -0.1) is 0 Å². The molecule has 0 saturated heterocycles. The summed E-state index contributed by atoms with van der Waals surface area (Å²) in [7, 11) is 3.46. The number of methoxy groups -OCH3 is 1. The molecule has 0 spiro atoms. The zero-order valence-electron chi connectivity index (χ0n) is 11.0. The van der Waals surface area contributed by atoms with E-state index < -0.39 is 0 Å². The molecule has 2 rings (SSSR count). The van der Waals surface area contributed by atoms with Crippen molar-refractivity contribution >= 4 is 28.9 Å². The van der Waals surface area contributed by atoms with Crippen molar-refractivity contribution in [2.75, 3.05) is 12.4 Å². The number of halogens is 2. The molecule has 0 aliphatic carbocycles. The van der Waals surface area contributed by atoms with E-state index in [4.69, 9.17) is 27.9 Å². The second-order valence-corrected chi connectivity index (χ2v) is 4.96. The lowest BCUT2D eigenvalue weighted by molar-refractivity contribution is 0.415. The van der Waals surface area contributed by atoms with Gasteiger partial charge in [-0.2, -0.15) is 5.10 Å². The Hall–Kier alpha value is -1.39. The topological polar surface area (TPSA) is 39.1 Å². The molecule has 0 atom stereocenters. The third-order valence-corrected chi connectivity index (χ3v) is 3.66. The first-order valence-corrected chi connectivity index (χ1v) is 6.54. The van der Waals surface area contributed by atoms with E-state index in [0.717, 1.165) is 17.1 Å². The summed E-state index contributed by atoms with van der Waals surface area (Å²) in [6.07, 6.45) is 0. The van der Waals surface area contributed by atoms with Crippen LogP contribution >= 0.6 is 23.2 Å². The summed E-state index contributed by atoms with van der Waals surface area (Å²) >= 11 is 12.3. The van der Waals surface area contributed by atoms with Gasteiger partial charge in [0, 0.05) is 12.7 Å². The minimum atomic E-state index is 0.569. The van der Waals surface area contributed by atoms with Gasteiger partial charge in [0.15, 0.2) is 0 Å². The number of aryl methyl sites for hydroxylation is 2. The third-order valence-electron chi connectivity index (χ3n) is 2.87. The van der Waals surface area contributed by atoms with Crippen molar-refractivity contribution < 1.29 is 4.74 Å². The second-order valence-electron chi connectivity index (χ2n) is 4.17. The zero-order chi connectivity index (χ0) is 14.0. The van der Waals surface area contributed by atoms with Gasteiger partial charge < -0.3 is 10.1 Å². The monoisotopic (exact) mass is 299 g/mol. The average molecular weight is 300 g/mol. The molecule has 102 valence electrons. The van der Waals surface area contributed by atoms with Crippen LogP contribution in [-0.4, -0.2) is 16.9 Å². The van der Waals surface area contributed by atoms with E-state index in [9.17, 15) is 0 Å². The Morgan fingerprint density at radius 1 is 1.37 bits per heavy atom. The quantitative estimate of drug-likeness (QED) is 0.936. The maximum Gasteiger partial charge on any atom is 0.137 e. The first-order chi connectivity index (χ1) is 9.02. The Morgan fingerprint density at radius 3 is 2.63 bits per heavy atom. The van der Waals surface area contributed by atoms with Crippen LogP contribution in [0, 0.1) is 6.92 Å². The van der Waals surface area contributed by atoms with Crippen molar-refractivity contribution in [2.24, 2.45) is 7.05 Å². The summed E-state index contributed by atoms with van der Waals surface area (Å²) in [5, 5.41) is 8.79. The van der Waals surface area contributed by atoms with E-state index in [1.54, 1.807) is 11.8 Å². The predicted molar refractivity (Wildman–Crippen MR) is 78.3 cm³/mol. The number of rotatable bonds is 4. The highest BCUT2D eigenvalue weighted by Gasteiger charge is 2.10. The first kappa shape index (κ1) is 14.0. The molecule has 1 aromatic heterocycles. The van der Waals surface area contributed by atoms with Crippen LogP contribution in [-0.2, 0) is 13.6 Å². The Labute approximate surface area is 122 Å². The number of anilines is 1. The number of hydrogen-bond donors (Lipinski definition) is 1. The summed E-state index contributed by atoms with van der Waals surface area (Å²) in [5.74, 6) is 0.654. The largest absolute Gasteiger partial charge is 0.495 e. The fourth-order valence-electron chi connectivity index (χ4n) is 1.83. The average Bonchev–Trinajstić information content (AvgIpc) is 2.61. The lowest BCUT2D eigenvalue weighted by Crippen LogP contribution is -2.06. The number of ether oxygens (including phenoxy) is 1. The maximum absolute atomic E-state index is 6.19. The van der Waals surface area contributed by atoms with E-state index in [2.05, 4.69) is 10.4 Å². The van der Waals surface area contributed by atoms with Gasteiger partial charge in [-0.3, -0.25) is 4.68 Å². The molecule has 0 unspecified atom stereocenters. The summed E-state index contributed by atoms with van der Waals surface area (Å²) in [6, 6.07) is 5.54. The van der Waals surface area contributed by atoms with Crippen LogP contribution in [0.3, 0.4) is 0 Å². The van der Waals surface area contributed by atoms with E-state index in [0.29, 0.717) is 22.3 Å². The first-order valence-electron chi connectivity index (χ1n) is 5.78. The van der Waals surface area contributed by atoms with Crippen molar-refractivity contribution in [3.05, 3.63) is 39.6 Å². The fourth-order valence-corrected chi connectivity index (χ4v) is 2.32. The Balaban J connectivity index is 2.12. The number of hydrogen-bond acceptors (Lipinski definition) is 3. The Morgan fingerprint density at radius 2 is 2.11 bits per heavy atom. The molecule has 1 aromatic carbocycles. The van der Waals surface area contributed by atoms with Crippen molar-refractivity contribution in [3.8, 4) is 5.75 Å². The van der Waals surface area contributed by atoms with Gasteiger partial charge in [0.25, 0.3) is 0 Å². The van der Waals surface area contributed by atoms with Crippen LogP contribution in [0.5, 0.6) is 5.75 Å². The van der Waals surface area contributed by atoms with Crippen LogP contribution in [0.2, 0.25) is 10.0 Å². The summed E-state index contributed by atoms with van der Waals surface area (Å²) < 4.78 is 6.88. The molecule has 0 amide bonds. The standard InChI is InChI=1S/C13H15Cl2N3O/c1-8-13(15)11(18(2)17-8)7-16-9-4-5-12(19-3)10(14)6-9/h4-6,16H,7H2,1-3H3. The maximum atomic E-state index is 6.19. The number of aromatic nitrogens is 2. The van der Waals surface area contributed by atoms with Gasteiger partial charge in [0.2, 0.25) is 0 Å². The molecular formula is C13H15Cl2N3O. The number of nitrogens with zero attached hydrogens (tertiary/aromatic N) is 2. The molecule has 1 heterocycles. The van der Waals surface area contributed by atoms with Gasteiger partial charge in [-0.05, 0) is 25.1 Å². The summed E-state index contributed by atoms with van der Waals surface area (Å²) in [6.45, 7) is 2.47. The Kier molecular flexibility index (Phi) is 4.22. The van der Waals surface area contributed by atoms with Crippen molar-refractivity contribution in [1.29, 1.82) is 0 Å². The summed E-state index contributed by atoms with van der Waals surface area (Å²) in [5.41, 5.74) is 2.67. The van der Waals surface area contributed by atoms with Gasteiger partial charge in [0.05, 0.1) is 35.1 Å². The molecule has 4 nitrogen and oxygen atoms in total. The lowest BCUT2D eigenvalue weighted by Gasteiger charge is -2.09. The molecule has 0 fully saturated rings. The van der Waals surface area contributed by atoms with Gasteiger partial charge >= 0.3 is 0 Å². The van der Waals surface area contributed by atoms with Crippen LogP contribution in [0.1, 0.15) is 11.4 Å². The van der Waals surface area contributed by atoms with E-state index >= 15 is 0 Å². The SMILES string of the molecule is COc1ccc(NCc2c(Cl)c(C)nn2C)cc1Cl. The van der Waals surface area contributed by atoms with Crippen molar-refractivity contribution in [2.45, 2.75) is 13.5 Å². The normalized spacial score (nSPS) is 10.6. The minimum absolute atomic E-state index is 0.569. The third kappa shape index (κ3) is 2.96. The highest BCUT2D eigenvalue weighted by atomic mass is 35.5. The highest BCUT2D eigenvalue weighted by molar-refractivity contribution is 6.32. The van der Waals surface area contributed by atoms with Crippen LogP contribution in [0.4, 0.5) is 5.69 Å². The molecule has 1 N–H and O–H groups in total. The van der Waals surface area contributed by atoms with Crippen molar-refractivity contribution in [1.82, 2.24) is 9.78 Å². The number of nitrogens with one attached hydrogen (secondary N) is 1. The smallest absolute Gasteiger partial charge is 0.137 e. The molecule has 2 aromatic rings. The van der Waals surface area contributed by atoms with Crippen LogP contribution in [0.25, 0.3) is 0 Å². The number of benzene rings is 1. The summed E-state index contributed by atoms with van der Waals surface area (Å²) in [4.78, 5) is 0. The van der Waals surface area contributed by atoms with E-state index in [1.165, 1.54) is 0 Å². The fraction of sp³-hybridized carbons (Fsp3) is 0.308. The lowest BCUT2D eigenvalue weighted by atomic mass is 10.3. The molecule has 0 bridgehead atoms. The molecule has 0 saturated carbocycles. The van der Waals surface area contributed by atoms with Crippen molar-refractivity contribution in [3.63, 3.8) is 0 Å². The van der Waals surface area contributed by atoms with Gasteiger partial charge in [0.1, 0.15) is 5.75 Å². The molecule has 0 radical (unpaired) electrons. The van der Waals surface area contributed by atoms with E-state index in [1.807, 2.05) is 32.2 Å². The highest BCUT2D eigenvalue weighted by Crippen LogP contribution is 2.28. The molecule has 19 heavy (non-hydrogen) atoms. The Bertz CT molecular complexity index is 596. The zero-order valence-corrected chi connectivity index (χ0v) is 12.5.